The lowest BCUT2D eigenvalue weighted by Gasteiger charge is -2.19. The Morgan fingerprint density at radius 3 is 2.90 bits per heavy atom. The number of likely N-dealkylation sites (N-methyl/N-ethyl adjacent to an activating group) is 1. The first-order valence-electron chi connectivity index (χ1n) is 2.86. The van der Waals surface area contributed by atoms with E-state index < -0.39 is 0 Å². The molecular weight excluding hydrogens is 132 g/mol. The highest BCUT2D eigenvalue weighted by Crippen LogP contribution is 2.07. The van der Waals surface area contributed by atoms with Crippen LogP contribution in [-0.4, -0.2) is 28.8 Å². The van der Waals surface area contributed by atoms with Gasteiger partial charge in [0.2, 0.25) is 5.91 Å². The molecule has 4 nitrogen and oxygen atoms in total. The number of nitrogens with one attached hydrogen (secondary N) is 1. The van der Waals surface area contributed by atoms with Gasteiger partial charge in [0.1, 0.15) is 11.6 Å². The highest BCUT2D eigenvalue weighted by molar-refractivity contribution is 6.05. The molecular formula is C6H8N2O2. The van der Waals surface area contributed by atoms with Gasteiger partial charge in [-0.1, -0.05) is 0 Å². The van der Waals surface area contributed by atoms with Crippen molar-refractivity contribution in [3.8, 4) is 0 Å². The molecule has 0 atom stereocenters. The second-order valence-corrected chi connectivity index (χ2v) is 2.15. The Bertz CT molecular complexity index is 220. The minimum atomic E-state index is -0.245. The summed E-state index contributed by atoms with van der Waals surface area (Å²) in [4.78, 5) is 12.0. The van der Waals surface area contributed by atoms with Crippen LogP contribution in [0.5, 0.6) is 0 Å². The van der Waals surface area contributed by atoms with E-state index >= 15 is 0 Å². The van der Waals surface area contributed by atoms with Gasteiger partial charge >= 0.3 is 0 Å². The van der Waals surface area contributed by atoms with Crippen LogP contribution in [0.25, 0.3) is 0 Å². The smallest absolute Gasteiger partial charge is 0.235 e. The monoisotopic (exact) mass is 140 g/mol. The van der Waals surface area contributed by atoms with Gasteiger partial charge in [-0.2, -0.15) is 0 Å². The van der Waals surface area contributed by atoms with E-state index in [1.165, 1.54) is 18.0 Å². The van der Waals surface area contributed by atoms with Crippen LogP contribution in [0, 0.1) is 5.41 Å². The summed E-state index contributed by atoms with van der Waals surface area (Å²) < 4.78 is 0. The molecule has 0 radical (unpaired) electrons. The maximum atomic E-state index is 10.8. The van der Waals surface area contributed by atoms with Crippen molar-refractivity contribution in [3.63, 3.8) is 0 Å². The van der Waals surface area contributed by atoms with Crippen LogP contribution in [0.2, 0.25) is 0 Å². The van der Waals surface area contributed by atoms with Gasteiger partial charge in [0.05, 0.1) is 6.42 Å². The van der Waals surface area contributed by atoms with Crippen LogP contribution in [-0.2, 0) is 4.79 Å². The van der Waals surface area contributed by atoms with E-state index in [9.17, 15) is 4.79 Å². The minimum absolute atomic E-state index is 0.0128. The van der Waals surface area contributed by atoms with E-state index in [1.807, 2.05) is 0 Å². The van der Waals surface area contributed by atoms with Crippen LogP contribution in [0.3, 0.4) is 0 Å². The molecule has 1 rings (SSSR count). The maximum absolute atomic E-state index is 10.8. The Balaban J connectivity index is 2.89. The quantitative estimate of drug-likeness (QED) is 0.507. The third-order valence-electron chi connectivity index (χ3n) is 1.37. The Morgan fingerprint density at radius 1 is 1.80 bits per heavy atom. The molecule has 1 aliphatic heterocycles. The molecule has 10 heavy (non-hydrogen) atoms. The van der Waals surface area contributed by atoms with Gasteiger partial charge in [0.25, 0.3) is 0 Å². The molecule has 2 N–H and O–H groups in total. The summed E-state index contributed by atoms with van der Waals surface area (Å²) >= 11 is 0. The first-order chi connectivity index (χ1) is 4.61. The molecule has 0 bridgehead atoms. The molecule has 54 valence electrons. The fourth-order valence-corrected chi connectivity index (χ4v) is 0.714. The van der Waals surface area contributed by atoms with E-state index in [-0.39, 0.29) is 23.9 Å². The number of hydrogen-bond acceptors (Lipinski definition) is 3. The number of hydrogen-bond donors (Lipinski definition) is 2. The van der Waals surface area contributed by atoms with Crippen molar-refractivity contribution in [1.29, 1.82) is 5.41 Å². The summed E-state index contributed by atoms with van der Waals surface area (Å²) in [6, 6.07) is 0. The number of amides is 1. The van der Waals surface area contributed by atoms with Crippen molar-refractivity contribution >= 4 is 11.7 Å². The molecule has 0 aromatic rings. The van der Waals surface area contributed by atoms with Gasteiger partial charge in [-0.25, -0.2) is 0 Å². The van der Waals surface area contributed by atoms with Crippen molar-refractivity contribution < 1.29 is 9.90 Å². The molecule has 0 fully saturated rings. The van der Waals surface area contributed by atoms with Crippen molar-refractivity contribution in [1.82, 2.24) is 4.90 Å². The summed E-state index contributed by atoms with van der Waals surface area (Å²) in [6.45, 7) is 0. The topological polar surface area (TPSA) is 64.4 Å². The van der Waals surface area contributed by atoms with Crippen molar-refractivity contribution in [3.05, 3.63) is 11.8 Å². The summed E-state index contributed by atoms with van der Waals surface area (Å²) in [5, 5.41) is 16.0. The number of aliphatic hydroxyl groups excluding tert-OH is 1. The van der Waals surface area contributed by atoms with Crippen molar-refractivity contribution in [2.24, 2.45) is 0 Å². The summed E-state index contributed by atoms with van der Waals surface area (Å²) in [7, 11) is 1.51. The number of aliphatic hydroxyl groups is 1. The Morgan fingerprint density at radius 2 is 2.40 bits per heavy atom. The Labute approximate surface area is 58.3 Å². The lowest BCUT2D eigenvalue weighted by molar-refractivity contribution is -0.126. The maximum Gasteiger partial charge on any atom is 0.235 e. The molecule has 1 heterocycles. The highest BCUT2D eigenvalue weighted by atomic mass is 16.3. The number of amidine groups is 1. The second kappa shape index (κ2) is 2.13. The largest absolute Gasteiger partial charge is 0.512 e. The highest BCUT2D eigenvalue weighted by Gasteiger charge is 2.19. The summed E-state index contributed by atoms with van der Waals surface area (Å²) in [6.07, 6.45) is 1.28. The van der Waals surface area contributed by atoms with Gasteiger partial charge in [-0.15, -0.1) is 0 Å². The van der Waals surface area contributed by atoms with Gasteiger partial charge in [0.15, 0.2) is 0 Å². The number of nitrogens with zero attached hydrogens (tertiary/aromatic N) is 1. The molecule has 0 saturated heterocycles. The molecule has 0 aliphatic carbocycles. The normalized spacial score (nSPS) is 19.3. The molecule has 0 spiro atoms. The average Bonchev–Trinajstić information content (AvgIpc) is 1.82. The van der Waals surface area contributed by atoms with Crippen LogP contribution < -0.4 is 0 Å². The summed E-state index contributed by atoms with van der Waals surface area (Å²) in [5.41, 5.74) is 0. The van der Waals surface area contributed by atoms with Gasteiger partial charge in [0, 0.05) is 13.1 Å². The fourth-order valence-electron chi connectivity index (χ4n) is 0.714. The number of rotatable bonds is 0. The summed E-state index contributed by atoms with van der Waals surface area (Å²) in [5.74, 6) is -0.244. The third kappa shape index (κ3) is 1.00. The van der Waals surface area contributed by atoms with E-state index in [0.717, 1.165) is 0 Å². The predicted molar refractivity (Wildman–Crippen MR) is 35.8 cm³/mol. The van der Waals surface area contributed by atoms with Crippen molar-refractivity contribution in [2.45, 2.75) is 6.42 Å². The van der Waals surface area contributed by atoms with Gasteiger partial charge < -0.3 is 5.11 Å². The first-order valence-corrected chi connectivity index (χ1v) is 2.86. The van der Waals surface area contributed by atoms with E-state index in [4.69, 9.17) is 10.5 Å². The van der Waals surface area contributed by atoms with Crippen LogP contribution in [0.4, 0.5) is 0 Å². The minimum Gasteiger partial charge on any atom is -0.512 e. The second-order valence-electron chi connectivity index (χ2n) is 2.15. The van der Waals surface area contributed by atoms with Gasteiger partial charge in [-0.05, 0) is 0 Å². The fraction of sp³-hybridized carbons (Fsp3) is 0.333. The Hall–Kier alpha value is -1.32. The SMILES string of the molecule is CN1C(=N)C=C(O)CC1=O. The lowest BCUT2D eigenvalue weighted by atomic mass is 10.2. The molecule has 1 amide bonds. The third-order valence-corrected chi connectivity index (χ3v) is 1.37. The van der Waals surface area contributed by atoms with Crippen molar-refractivity contribution in [2.75, 3.05) is 7.05 Å². The molecule has 0 aromatic heterocycles. The molecule has 0 aromatic carbocycles. The zero-order valence-corrected chi connectivity index (χ0v) is 5.59. The zero-order valence-electron chi connectivity index (χ0n) is 5.59. The van der Waals surface area contributed by atoms with Crippen LogP contribution in [0.1, 0.15) is 6.42 Å². The van der Waals surface area contributed by atoms with Crippen LogP contribution >= 0.6 is 0 Å². The van der Waals surface area contributed by atoms with Crippen LogP contribution in [0.15, 0.2) is 11.8 Å². The molecule has 0 saturated carbocycles. The number of carbonyl (C=O) groups excluding carboxylic acids is 1. The van der Waals surface area contributed by atoms with E-state index in [2.05, 4.69) is 0 Å². The first kappa shape index (κ1) is 6.80. The molecule has 0 unspecified atom stereocenters. The Kier molecular flexibility index (Phi) is 1.45. The van der Waals surface area contributed by atoms with E-state index in [1.54, 1.807) is 0 Å². The molecule has 1 aliphatic rings. The number of carbonyl (C=O) groups is 1. The average molecular weight is 140 g/mol. The molecule has 4 heteroatoms. The zero-order chi connectivity index (χ0) is 7.72. The van der Waals surface area contributed by atoms with Gasteiger partial charge in [-0.3, -0.25) is 15.1 Å². The van der Waals surface area contributed by atoms with E-state index in [0.29, 0.717) is 0 Å². The predicted octanol–water partition coefficient (Wildman–Crippen LogP) is 0.268. The lowest BCUT2D eigenvalue weighted by Crippen LogP contribution is -2.34. The standard InChI is InChI=1S/C6H8N2O2/c1-8-5(7)2-4(9)3-6(8)10/h2,7,9H,3H2,1H3.